The molecule has 1 aromatic rings. The van der Waals surface area contributed by atoms with Crippen LogP contribution in [0.15, 0.2) is 28.7 Å². The Balaban J connectivity index is 1.27. The summed E-state index contributed by atoms with van der Waals surface area (Å²) in [4.78, 5) is 11.9. The van der Waals surface area contributed by atoms with Crippen molar-refractivity contribution in [3.8, 4) is 0 Å². The molecule has 124 valence electrons. The van der Waals surface area contributed by atoms with Gasteiger partial charge < -0.3 is 4.74 Å². The molecule has 1 amide bonds. The first-order valence-corrected chi connectivity index (χ1v) is 9.59. The number of benzene rings is 1. The van der Waals surface area contributed by atoms with Crippen molar-refractivity contribution in [2.75, 3.05) is 11.9 Å². The van der Waals surface area contributed by atoms with Crippen molar-refractivity contribution in [2.45, 2.75) is 44.9 Å². The summed E-state index contributed by atoms with van der Waals surface area (Å²) in [7, 11) is 0. The molecule has 4 fully saturated rings. The highest BCUT2D eigenvalue weighted by atomic mass is 79.9. The second kappa shape index (κ2) is 6.12. The summed E-state index contributed by atoms with van der Waals surface area (Å²) in [5.74, 6) is 2.87. The molecule has 0 aliphatic heterocycles. The van der Waals surface area contributed by atoms with Gasteiger partial charge in [0, 0.05) is 10.2 Å². The van der Waals surface area contributed by atoms with Gasteiger partial charge in [-0.15, -0.1) is 0 Å². The van der Waals surface area contributed by atoms with Crippen LogP contribution in [0.1, 0.15) is 44.9 Å². The van der Waals surface area contributed by atoms with E-state index in [4.69, 9.17) is 4.74 Å². The van der Waals surface area contributed by atoms with Crippen LogP contribution >= 0.6 is 15.9 Å². The Kier molecular flexibility index (Phi) is 4.12. The third kappa shape index (κ3) is 3.42. The molecule has 4 aliphatic rings. The van der Waals surface area contributed by atoms with Gasteiger partial charge in [0.1, 0.15) is 0 Å². The maximum absolute atomic E-state index is 11.9. The Morgan fingerprint density at radius 2 is 1.65 bits per heavy atom. The minimum absolute atomic E-state index is 0.336. The molecule has 4 aliphatic carbocycles. The van der Waals surface area contributed by atoms with Crippen molar-refractivity contribution in [3.05, 3.63) is 28.7 Å². The van der Waals surface area contributed by atoms with Crippen molar-refractivity contribution in [1.29, 1.82) is 0 Å². The molecule has 23 heavy (non-hydrogen) atoms. The van der Waals surface area contributed by atoms with E-state index in [0.29, 0.717) is 12.0 Å². The average molecular weight is 378 g/mol. The maximum Gasteiger partial charge on any atom is 0.411 e. The number of carbonyl (C=O) groups is 1. The number of carbonyl (C=O) groups excluding carboxylic acids is 1. The molecule has 5 rings (SSSR count). The first kappa shape index (κ1) is 15.5. The monoisotopic (exact) mass is 377 g/mol. The summed E-state index contributed by atoms with van der Waals surface area (Å²) in [6, 6.07) is 7.55. The van der Waals surface area contributed by atoms with E-state index in [0.717, 1.165) is 34.3 Å². The van der Waals surface area contributed by atoms with Gasteiger partial charge in [0.25, 0.3) is 0 Å². The van der Waals surface area contributed by atoms with Gasteiger partial charge in [-0.1, -0.05) is 15.9 Å². The number of anilines is 1. The highest BCUT2D eigenvalue weighted by Gasteiger charge is 2.50. The second-order valence-corrected chi connectivity index (χ2v) is 8.85. The normalized spacial score (nSPS) is 34.4. The predicted octanol–water partition coefficient (Wildman–Crippen LogP) is 5.60. The lowest BCUT2D eigenvalue weighted by Crippen LogP contribution is -2.46. The topological polar surface area (TPSA) is 38.3 Å². The van der Waals surface area contributed by atoms with E-state index in [2.05, 4.69) is 21.2 Å². The van der Waals surface area contributed by atoms with Gasteiger partial charge in [-0.3, -0.25) is 5.32 Å². The molecule has 0 aromatic heterocycles. The van der Waals surface area contributed by atoms with Crippen LogP contribution < -0.4 is 5.32 Å². The predicted molar refractivity (Wildman–Crippen MR) is 94.3 cm³/mol. The molecule has 1 N–H and O–H groups in total. The number of rotatable bonds is 4. The van der Waals surface area contributed by atoms with Crippen LogP contribution in [-0.2, 0) is 4.74 Å². The molecule has 0 saturated heterocycles. The average Bonchev–Trinajstić information content (AvgIpc) is 2.48. The molecule has 0 atom stereocenters. The van der Waals surface area contributed by atoms with Gasteiger partial charge in [0.2, 0.25) is 0 Å². The van der Waals surface area contributed by atoms with E-state index in [1.54, 1.807) is 0 Å². The summed E-state index contributed by atoms with van der Waals surface area (Å²) < 4.78 is 6.45. The van der Waals surface area contributed by atoms with Crippen LogP contribution in [0, 0.1) is 23.2 Å². The van der Waals surface area contributed by atoms with E-state index < -0.39 is 0 Å². The van der Waals surface area contributed by atoms with E-state index in [1.807, 2.05) is 24.3 Å². The Labute approximate surface area is 146 Å². The standard InChI is InChI=1S/C19H24BrNO2/c20-16-1-3-17(4-2-16)21-18(22)23-6-5-19-10-13-7-14(11-19)9-15(8-13)12-19/h1-4,13-15H,5-12H2,(H,21,22). The molecule has 4 bridgehead atoms. The highest BCUT2D eigenvalue weighted by Crippen LogP contribution is 2.61. The minimum Gasteiger partial charge on any atom is -0.449 e. The summed E-state index contributed by atoms with van der Waals surface area (Å²) in [5, 5.41) is 2.80. The zero-order chi connectivity index (χ0) is 15.9. The summed E-state index contributed by atoms with van der Waals surface area (Å²) in [6.07, 6.45) is 9.21. The molecule has 1 aromatic carbocycles. The van der Waals surface area contributed by atoms with Crippen molar-refractivity contribution in [2.24, 2.45) is 23.2 Å². The van der Waals surface area contributed by atoms with E-state index in [-0.39, 0.29) is 6.09 Å². The fourth-order valence-corrected chi connectivity index (χ4v) is 5.91. The fraction of sp³-hybridized carbons (Fsp3) is 0.632. The van der Waals surface area contributed by atoms with E-state index >= 15 is 0 Å². The number of hydrogen-bond donors (Lipinski definition) is 1. The smallest absolute Gasteiger partial charge is 0.411 e. The second-order valence-electron chi connectivity index (χ2n) is 7.94. The molecule has 3 nitrogen and oxygen atoms in total. The lowest BCUT2D eigenvalue weighted by Gasteiger charge is -2.57. The lowest BCUT2D eigenvalue weighted by atomic mass is 9.49. The van der Waals surface area contributed by atoms with E-state index in [1.165, 1.54) is 38.5 Å². The molecule has 0 heterocycles. The zero-order valence-electron chi connectivity index (χ0n) is 13.4. The first-order valence-electron chi connectivity index (χ1n) is 8.80. The Morgan fingerprint density at radius 3 is 2.22 bits per heavy atom. The Morgan fingerprint density at radius 1 is 1.09 bits per heavy atom. The number of hydrogen-bond acceptors (Lipinski definition) is 2. The lowest BCUT2D eigenvalue weighted by molar-refractivity contribution is -0.0639. The Hall–Kier alpha value is -1.03. The highest BCUT2D eigenvalue weighted by molar-refractivity contribution is 9.10. The third-order valence-corrected chi connectivity index (χ3v) is 6.65. The molecule has 4 heteroatoms. The van der Waals surface area contributed by atoms with Gasteiger partial charge in [-0.05, 0) is 92.4 Å². The molecule has 0 unspecified atom stereocenters. The number of amides is 1. The maximum atomic E-state index is 11.9. The van der Waals surface area contributed by atoms with Crippen LogP contribution in [0.2, 0.25) is 0 Å². The molecular formula is C19H24BrNO2. The van der Waals surface area contributed by atoms with Crippen molar-refractivity contribution in [1.82, 2.24) is 0 Å². The SMILES string of the molecule is O=C(Nc1ccc(Br)cc1)OCCC12CC3CC(CC(C3)C1)C2. The number of nitrogens with one attached hydrogen (secondary N) is 1. The molecule has 0 radical (unpaired) electrons. The first-order chi connectivity index (χ1) is 11.1. The van der Waals surface area contributed by atoms with Crippen LogP contribution in [0.25, 0.3) is 0 Å². The van der Waals surface area contributed by atoms with Gasteiger partial charge in [-0.25, -0.2) is 4.79 Å². The van der Waals surface area contributed by atoms with Crippen molar-refractivity contribution >= 4 is 27.7 Å². The molecule has 4 saturated carbocycles. The third-order valence-electron chi connectivity index (χ3n) is 6.12. The van der Waals surface area contributed by atoms with E-state index in [9.17, 15) is 4.79 Å². The number of ether oxygens (including phenoxy) is 1. The quantitative estimate of drug-likeness (QED) is 0.740. The summed E-state index contributed by atoms with van der Waals surface area (Å²) >= 11 is 3.39. The van der Waals surface area contributed by atoms with Crippen molar-refractivity contribution in [3.63, 3.8) is 0 Å². The fourth-order valence-electron chi connectivity index (χ4n) is 5.64. The van der Waals surface area contributed by atoms with Crippen LogP contribution in [0.4, 0.5) is 10.5 Å². The Bertz CT molecular complexity index is 548. The summed E-state index contributed by atoms with van der Waals surface area (Å²) in [5.41, 5.74) is 1.25. The van der Waals surface area contributed by atoms with Gasteiger partial charge >= 0.3 is 6.09 Å². The van der Waals surface area contributed by atoms with Crippen LogP contribution in [0.5, 0.6) is 0 Å². The van der Waals surface area contributed by atoms with Crippen LogP contribution in [0.3, 0.4) is 0 Å². The van der Waals surface area contributed by atoms with Crippen molar-refractivity contribution < 1.29 is 9.53 Å². The minimum atomic E-state index is -0.336. The summed E-state index contributed by atoms with van der Waals surface area (Å²) in [6.45, 7) is 0.550. The molecular weight excluding hydrogens is 354 g/mol. The van der Waals surface area contributed by atoms with Gasteiger partial charge in [0.15, 0.2) is 0 Å². The number of halogens is 1. The van der Waals surface area contributed by atoms with Gasteiger partial charge in [-0.2, -0.15) is 0 Å². The zero-order valence-corrected chi connectivity index (χ0v) is 15.0. The molecule has 0 spiro atoms. The largest absolute Gasteiger partial charge is 0.449 e. The van der Waals surface area contributed by atoms with Gasteiger partial charge in [0.05, 0.1) is 6.61 Å². The van der Waals surface area contributed by atoms with Crippen LogP contribution in [-0.4, -0.2) is 12.7 Å².